The van der Waals surface area contributed by atoms with E-state index in [-0.39, 0.29) is 5.82 Å². The number of aryl methyl sites for hydroxylation is 1. The fraction of sp³-hybridized carbons (Fsp3) is 0.200. The van der Waals surface area contributed by atoms with Gasteiger partial charge in [-0.3, -0.25) is 0 Å². The number of imidazole rings is 1. The van der Waals surface area contributed by atoms with Gasteiger partial charge in [0.05, 0.1) is 6.33 Å². The molecule has 1 N–H and O–H groups in total. The van der Waals surface area contributed by atoms with Gasteiger partial charge in [-0.15, -0.1) is 0 Å². The third-order valence-corrected chi connectivity index (χ3v) is 4.66. The lowest BCUT2D eigenvalue weighted by Crippen LogP contribution is -2.35. The van der Waals surface area contributed by atoms with Gasteiger partial charge in [-0.1, -0.05) is 23.7 Å². The number of nitrogens with zero attached hydrogens (tertiary/aromatic N) is 3. The van der Waals surface area contributed by atoms with Crippen molar-refractivity contribution in [3.05, 3.63) is 83.7 Å². The predicted molar refractivity (Wildman–Crippen MR) is 111 cm³/mol. The molecule has 0 aliphatic heterocycles. The summed E-state index contributed by atoms with van der Waals surface area (Å²) in [6.45, 7) is 2.10. The largest absolute Gasteiger partial charge is 0.345 e. The molecule has 0 amide bonds. The van der Waals surface area contributed by atoms with Crippen LogP contribution in [0.3, 0.4) is 0 Å². The number of hydrogen-bond donors (Lipinski definition) is 1. The van der Waals surface area contributed by atoms with E-state index < -0.39 is 0 Å². The smallest absolute Gasteiger partial charge is 0.173 e. The van der Waals surface area contributed by atoms with Crippen molar-refractivity contribution in [2.75, 3.05) is 11.9 Å². The van der Waals surface area contributed by atoms with Crippen molar-refractivity contribution in [1.29, 1.82) is 0 Å². The second-order valence-electron chi connectivity index (χ2n) is 6.14. The number of nitrogens with one attached hydrogen (secondary N) is 1. The molecule has 1 heterocycles. The highest BCUT2D eigenvalue weighted by atomic mass is 35.5. The Kier molecular flexibility index (Phi) is 6.79. The zero-order valence-corrected chi connectivity index (χ0v) is 16.3. The van der Waals surface area contributed by atoms with Gasteiger partial charge in [-0.05, 0) is 60.6 Å². The zero-order chi connectivity index (χ0) is 19.1. The lowest BCUT2D eigenvalue weighted by Gasteiger charge is -2.26. The fourth-order valence-corrected chi connectivity index (χ4v) is 3.11. The second kappa shape index (κ2) is 9.48. The first-order valence-electron chi connectivity index (χ1n) is 8.62. The average Bonchev–Trinajstić information content (AvgIpc) is 3.16. The Morgan fingerprint density at radius 3 is 2.74 bits per heavy atom. The second-order valence-corrected chi connectivity index (χ2v) is 6.97. The minimum absolute atomic E-state index is 0.248. The van der Waals surface area contributed by atoms with Crippen molar-refractivity contribution in [3.8, 4) is 0 Å². The Labute approximate surface area is 168 Å². The SMILES string of the molecule is Fc1cccc(CN(CCCn2ccnc2)C(=S)Nc2ccc(Cl)cc2)c1. The van der Waals surface area contributed by atoms with Gasteiger partial charge in [0.2, 0.25) is 0 Å². The standard InChI is InChI=1S/C20H20ClFN4S/c21-17-5-7-19(8-6-17)24-20(27)26(11-2-10-25-12-9-23-15-25)14-16-3-1-4-18(22)13-16/h1,3-9,12-13,15H,2,10-11,14H2,(H,24,27). The van der Waals surface area contributed by atoms with E-state index in [0.29, 0.717) is 16.7 Å². The third-order valence-electron chi connectivity index (χ3n) is 4.05. The maximum absolute atomic E-state index is 13.6. The summed E-state index contributed by atoms with van der Waals surface area (Å²) in [6, 6.07) is 14.0. The van der Waals surface area contributed by atoms with Gasteiger partial charge in [0.15, 0.2) is 5.11 Å². The molecule has 7 heteroatoms. The Morgan fingerprint density at radius 2 is 2.04 bits per heavy atom. The lowest BCUT2D eigenvalue weighted by atomic mass is 10.2. The maximum atomic E-state index is 13.6. The zero-order valence-electron chi connectivity index (χ0n) is 14.7. The van der Waals surface area contributed by atoms with Gasteiger partial charge in [0.1, 0.15) is 5.82 Å². The number of halogens is 2. The van der Waals surface area contributed by atoms with Crippen LogP contribution < -0.4 is 5.32 Å². The monoisotopic (exact) mass is 402 g/mol. The molecule has 3 rings (SSSR count). The number of benzene rings is 2. The molecule has 0 unspecified atom stereocenters. The van der Waals surface area contributed by atoms with E-state index >= 15 is 0 Å². The van der Waals surface area contributed by atoms with Crippen molar-refractivity contribution in [2.24, 2.45) is 0 Å². The topological polar surface area (TPSA) is 33.1 Å². The van der Waals surface area contributed by atoms with Crippen LogP contribution in [0.25, 0.3) is 0 Å². The van der Waals surface area contributed by atoms with E-state index in [0.717, 1.165) is 30.8 Å². The number of aromatic nitrogens is 2. The summed E-state index contributed by atoms with van der Waals surface area (Å²) in [4.78, 5) is 6.09. The van der Waals surface area contributed by atoms with Crippen LogP contribution >= 0.6 is 23.8 Å². The maximum Gasteiger partial charge on any atom is 0.173 e. The molecule has 0 fully saturated rings. The highest BCUT2D eigenvalue weighted by molar-refractivity contribution is 7.80. The van der Waals surface area contributed by atoms with Crippen molar-refractivity contribution in [2.45, 2.75) is 19.5 Å². The van der Waals surface area contributed by atoms with Crippen LogP contribution in [-0.4, -0.2) is 26.1 Å². The Balaban J connectivity index is 1.66. The molecule has 0 aliphatic carbocycles. The molecule has 4 nitrogen and oxygen atoms in total. The quantitative estimate of drug-likeness (QED) is 0.566. The van der Waals surface area contributed by atoms with Crippen LogP contribution in [0.1, 0.15) is 12.0 Å². The molecule has 2 aromatic carbocycles. The normalized spacial score (nSPS) is 10.6. The summed E-state index contributed by atoms with van der Waals surface area (Å²) in [5.41, 5.74) is 1.74. The summed E-state index contributed by atoms with van der Waals surface area (Å²) < 4.78 is 15.6. The molecular weight excluding hydrogens is 383 g/mol. The minimum Gasteiger partial charge on any atom is -0.345 e. The first-order chi connectivity index (χ1) is 13.1. The van der Waals surface area contributed by atoms with Crippen LogP contribution in [0.15, 0.2) is 67.3 Å². The summed E-state index contributed by atoms with van der Waals surface area (Å²) in [5.74, 6) is -0.248. The molecule has 0 bridgehead atoms. The van der Waals surface area contributed by atoms with Crippen molar-refractivity contribution < 1.29 is 4.39 Å². The molecule has 3 aromatic rings. The summed E-state index contributed by atoms with van der Waals surface area (Å²) in [7, 11) is 0. The summed E-state index contributed by atoms with van der Waals surface area (Å²) in [5, 5.41) is 4.49. The first kappa shape index (κ1) is 19.3. The molecule has 0 saturated heterocycles. The van der Waals surface area contributed by atoms with Gasteiger partial charge >= 0.3 is 0 Å². The van der Waals surface area contributed by atoms with E-state index in [1.54, 1.807) is 18.6 Å². The number of thiocarbonyl (C=S) groups is 1. The van der Waals surface area contributed by atoms with Crippen LogP contribution in [0.4, 0.5) is 10.1 Å². The van der Waals surface area contributed by atoms with Crippen LogP contribution in [0, 0.1) is 5.82 Å². The molecule has 0 aliphatic rings. The van der Waals surface area contributed by atoms with Gasteiger partial charge in [0.25, 0.3) is 0 Å². The molecule has 0 radical (unpaired) electrons. The van der Waals surface area contributed by atoms with Crippen LogP contribution in [0.5, 0.6) is 0 Å². The summed E-state index contributed by atoms with van der Waals surface area (Å²) >= 11 is 11.5. The van der Waals surface area contributed by atoms with E-state index in [1.165, 1.54) is 12.1 Å². The van der Waals surface area contributed by atoms with E-state index in [2.05, 4.69) is 10.3 Å². The lowest BCUT2D eigenvalue weighted by molar-refractivity contribution is 0.395. The van der Waals surface area contributed by atoms with E-state index in [1.807, 2.05) is 46.0 Å². The summed E-state index contributed by atoms with van der Waals surface area (Å²) in [6.07, 6.45) is 6.37. The molecule has 140 valence electrons. The van der Waals surface area contributed by atoms with Crippen LogP contribution in [0.2, 0.25) is 5.02 Å². The number of rotatable bonds is 7. The van der Waals surface area contributed by atoms with Crippen molar-refractivity contribution in [1.82, 2.24) is 14.5 Å². The first-order valence-corrected chi connectivity index (χ1v) is 9.40. The minimum atomic E-state index is -0.248. The average molecular weight is 403 g/mol. The van der Waals surface area contributed by atoms with Gasteiger partial charge in [-0.2, -0.15) is 0 Å². The molecule has 0 saturated carbocycles. The Hall–Kier alpha value is -2.44. The number of anilines is 1. The van der Waals surface area contributed by atoms with Crippen molar-refractivity contribution in [3.63, 3.8) is 0 Å². The fourth-order valence-electron chi connectivity index (χ4n) is 2.71. The predicted octanol–water partition coefficient (Wildman–Crippen LogP) is 4.96. The Morgan fingerprint density at radius 1 is 1.22 bits per heavy atom. The number of hydrogen-bond acceptors (Lipinski definition) is 2. The van der Waals surface area contributed by atoms with E-state index in [4.69, 9.17) is 23.8 Å². The Bertz CT molecular complexity index is 868. The van der Waals surface area contributed by atoms with Gasteiger partial charge in [-0.25, -0.2) is 9.37 Å². The highest BCUT2D eigenvalue weighted by Crippen LogP contribution is 2.15. The molecule has 0 atom stereocenters. The third kappa shape index (κ3) is 6.05. The van der Waals surface area contributed by atoms with Gasteiger partial charge < -0.3 is 14.8 Å². The highest BCUT2D eigenvalue weighted by Gasteiger charge is 2.11. The molecule has 1 aromatic heterocycles. The van der Waals surface area contributed by atoms with Crippen molar-refractivity contribution >= 4 is 34.6 Å². The van der Waals surface area contributed by atoms with E-state index in [9.17, 15) is 4.39 Å². The molecule has 27 heavy (non-hydrogen) atoms. The molecule has 0 spiro atoms. The van der Waals surface area contributed by atoms with Gasteiger partial charge in [0, 0.05) is 42.7 Å². The molecular formula is C20H20ClFN4S. The van der Waals surface area contributed by atoms with Crippen LogP contribution in [-0.2, 0) is 13.1 Å².